The number of thioether (sulfide) groups is 1. The van der Waals surface area contributed by atoms with E-state index in [1.807, 2.05) is 11.8 Å². The molecule has 2 rings (SSSR count). The lowest BCUT2D eigenvalue weighted by Gasteiger charge is -2.16. The molecular weight excluding hydrogens is 242 g/mol. The Hall–Kier alpha value is -0.960. The number of amides is 1. The number of fused-ring (bicyclic) bond motifs is 1. The fraction of sp³-hybridized carbons (Fsp3) is 0.533. The summed E-state index contributed by atoms with van der Waals surface area (Å²) in [6.45, 7) is 4.98. The Morgan fingerprint density at radius 1 is 1.44 bits per heavy atom. The average Bonchev–Trinajstić information content (AvgIpc) is 2.36. The van der Waals surface area contributed by atoms with Gasteiger partial charge in [0.2, 0.25) is 5.91 Å². The van der Waals surface area contributed by atoms with Crippen LogP contribution in [0.1, 0.15) is 31.4 Å². The molecule has 3 heteroatoms. The van der Waals surface area contributed by atoms with Crippen molar-refractivity contribution in [2.75, 3.05) is 12.3 Å². The SMILES string of the molecule is CC(C)CNC(=O)Cc1ccc2c(c1)CCCS2. The maximum absolute atomic E-state index is 11.8. The third-order valence-corrected chi connectivity index (χ3v) is 4.25. The van der Waals surface area contributed by atoms with Crippen molar-refractivity contribution in [3.8, 4) is 0 Å². The van der Waals surface area contributed by atoms with Gasteiger partial charge < -0.3 is 5.32 Å². The van der Waals surface area contributed by atoms with Crippen LogP contribution in [0.5, 0.6) is 0 Å². The minimum absolute atomic E-state index is 0.132. The molecule has 0 bridgehead atoms. The summed E-state index contributed by atoms with van der Waals surface area (Å²) in [5, 5.41) is 2.97. The van der Waals surface area contributed by atoms with E-state index in [2.05, 4.69) is 37.4 Å². The fourth-order valence-corrected chi connectivity index (χ4v) is 3.11. The first-order valence-electron chi connectivity index (χ1n) is 6.66. The lowest BCUT2D eigenvalue weighted by atomic mass is 10.0. The second-order valence-electron chi connectivity index (χ2n) is 5.27. The molecular formula is C15H21NOS. The topological polar surface area (TPSA) is 29.1 Å². The Kier molecular flexibility index (Phi) is 4.70. The first-order chi connectivity index (χ1) is 8.65. The summed E-state index contributed by atoms with van der Waals surface area (Å²) >= 11 is 1.93. The molecule has 1 aliphatic heterocycles. The zero-order valence-corrected chi connectivity index (χ0v) is 12.0. The van der Waals surface area contributed by atoms with Crippen LogP contribution in [0, 0.1) is 5.92 Å². The van der Waals surface area contributed by atoms with Gasteiger partial charge in [0.15, 0.2) is 0 Å². The molecule has 2 nitrogen and oxygen atoms in total. The van der Waals surface area contributed by atoms with Gasteiger partial charge >= 0.3 is 0 Å². The number of rotatable bonds is 4. The normalized spacial score (nSPS) is 14.4. The highest BCUT2D eigenvalue weighted by Gasteiger charge is 2.11. The monoisotopic (exact) mass is 263 g/mol. The summed E-state index contributed by atoms with van der Waals surface area (Å²) in [4.78, 5) is 13.2. The number of hydrogen-bond donors (Lipinski definition) is 1. The lowest BCUT2D eigenvalue weighted by Crippen LogP contribution is -2.28. The summed E-state index contributed by atoms with van der Waals surface area (Å²) in [5.74, 6) is 1.86. The number of benzene rings is 1. The highest BCUT2D eigenvalue weighted by Crippen LogP contribution is 2.30. The van der Waals surface area contributed by atoms with Crippen molar-refractivity contribution in [3.05, 3.63) is 29.3 Å². The summed E-state index contributed by atoms with van der Waals surface area (Å²) in [7, 11) is 0. The predicted molar refractivity (Wildman–Crippen MR) is 77.0 cm³/mol. The summed E-state index contributed by atoms with van der Waals surface area (Å²) in [6, 6.07) is 6.47. The second-order valence-corrected chi connectivity index (χ2v) is 6.41. The van der Waals surface area contributed by atoms with Gasteiger partial charge in [-0.2, -0.15) is 0 Å². The van der Waals surface area contributed by atoms with Crippen LogP contribution in [-0.4, -0.2) is 18.2 Å². The smallest absolute Gasteiger partial charge is 0.224 e. The van der Waals surface area contributed by atoms with Gasteiger partial charge in [-0.25, -0.2) is 0 Å². The molecule has 0 aliphatic carbocycles. The average molecular weight is 263 g/mol. The van der Waals surface area contributed by atoms with Gasteiger partial charge in [0.05, 0.1) is 6.42 Å². The molecule has 0 radical (unpaired) electrons. The van der Waals surface area contributed by atoms with Crippen molar-refractivity contribution in [3.63, 3.8) is 0 Å². The van der Waals surface area contributed by atoms with Gasteiger partial charge in [0.1, 0.15) is 0 Å². The quantitative estimate of drug-likeness (QED) is 0.904. The predicted octanol–water partition coefficient (Wildman–Crippen LogP) is 3.04. The zero-order valence-electron chi connectivity index (χ0n) is 11.2. The molecule has 0 saturated carbocycles. The molecule has 18 heavy (non-hydrogen) atoms. The Balaban J connectivity index is 1.95. The molecule has 1 amide bonds. The van der Waals surface area contributed by atoms with E-state index in [4.69, 9.17) is 0 Å². The van der Waals surface area contributed by atoms with E-state index >= 15 is 0 Å². The summed E-state index contributed by atoms with van der Waals surface area (Å²) in [6.07, 6.45) is 2.91. The molecule has 1 N–H and O–H groups in total. The number of carbonyl (C=O) groups is 1. The molecule has 0 fully saturated rings. The Bertz CT molecular complexity index is 429. The van der Waals surface area contributed by atoms with Crippen LogP contribution in [0.4, 0.5) is 0 Å². The van der Waals surface area contributed by atoms with Crippen LogP contribution in [0.2, 0.25) is 0 Å². The second kappa shape index (κ2) is 6.28. The van der Waals surface area contributed by atoms with Crippen molar-refractivity contribution in [1.29, 1.82) is 0 Å². The van der Waals surface area contributed by atoms with Crippen molar-refractivity contribution >= 4 is 17.7 Å². The minimum Gasteiger partial charge on any atom is -0.356 e. The van der Waals surface area contributed by atoms with Crippen molar-refractivity contribution in [2.45, 2.75) is 38.0 Å². The number of nitrogens with one attached hydrogen (secondary N) is 1. The number of aryl methyl sites for hydroxylation is 1. The number of carbonyl (C=O) groups excluding carboxylic acids is 1. The van der Waals surface area contributed by atoms with Gasteiger partial charge in [-0.1, -0.05) is 26.0 Å². The molecule has 0 saturated heterocycles. The van der Waals surface area contributed by atoms with Gasteiger partial charge in [-0.05, 0) is 41.7 Å². The molecule has 0 atom stereocenters. The van der Waals surface area contributed by atoms with Crippen LogP contribution < -0.4 is 5.32 Å². The first-order valence-corrected chi connectivity index (χ1v) is 7.65. The van der Waals surface area contributed by atoms with Crippen LogP contribution in [0.3, 0.4) is 0 Å². The largest absolute Gasteiger partial charge is 0.356 e. The summed E-state index contributed by atoms with van der Waals surface area (Å²) < 4.78 is 0. The van der Waals surface area contributed by atoms with Gasteiger partial charge in [-0.3, -0.25) is 4.79 Å². The molecule has 1 aliphatic rings. The molecule has 1 aromatic rings. The molecule has 1 heterocycles. The molecule has 0 spiro atoms. The molecule has 0 unspecified atom stereocenters. The third kappa shape index (κ3) is 3.77. The van der Waals surface area contributed by atoms with Gasteiger partial charge in [0.25, 0.3) is 0 Å². The van der Waals surface area contributed by atoms with Gasteiger partial charge in [0, 0.05) is 11.4 Å². The van der Waals surface area contributed by atoms with Gasteiger partial charge in [-0.15, -0.1) is 11.8 Å². The van der Waals surface area contributed by atoms with Crippen LogP contribution in [0.25, 0.3) is 0 Å². The lowest BCUT2D eigenvalue weighted by molar-refractivity contribution is -0.120. The minimum atomic E-state index is 0.132. The van der Waals surface area contributed by atoms with Crippen molar-refractivity contribution in [1.82, 2.24) is 5.32 Å². The Morgan fingerprint density at radius 3 is 3.06 bits per heavy atom. The Morgan fingerprint density at radius 2 is 2.28 bits per heavy atom. The molecule has 98 valence electrons. The van der Waals surface area contributed by atoms with E-state index in [1.165, 1.54) is 22.6 Å². The van der Waals surface area contributed by atoms with E-state index in [0.29, 0.717) is 12.3 Å². The maximum atomic E-state index is 11.8. The first kappa shape index (κ1) is 13.5. The van der Waals surface area contributed by atoms with E-state index in [1.54, 1.807) is 0 Å². The Labute approximate surface area is 114 Å². The van der Waals surface area contributed by atoms with Crippen LogP contribution in [-0.2, 0) is 17.6 Å². The van der Waals surface area contributed by atoms with Crippen molar-refractivity contribution < 1.29 is 4.79 Å². The van der Waals surface area contributed by atoms with Crippen LogP contribution in [0.15, 0.2) is 23.1 Å². The highest BCUT2D eigenvalue weighted by molar-refractivity contribution is 7.99. The zero-order chi connectivity index (χ0) is 13.0. The molecule has 1 aromatic carbocycles. The third-order valence-electron chi connectivity index (χ3n) is 3.05. The maximum Gasteiger partial charge on any atom is 0.224 e. The standard InChI is InChI=1S/C15H21NOS/c1-11(2)10-16-15(17)9-12-5-6-14-13(8-12)4-3-7-18-14/h5-6,8,11H,3-4,7,9-10H2,1-2H3,(H,16,17). The van der Waals surface area contributed by atoms with E-state index in [-0.39, 0.29) is 5.91 Å². The highest BCUT2D eigenvalue weighted by atomic mass is 32.2. The molecule has 0 aromatic heterocycles. The number of hydrogen-bond acceptors (Lipinski definition) is 2. The summed E-state index contributed by atoms with van der Waals surface area (Å²) in [5.41, 5.74) is 2.55. The fourth-order valence-electron chi connectivity index (χ4n) is 2.09. The van der Waals surface area contributed by atoms with Crippen molar-refractivity contribution in [2.24, 2.45) is 5.92 Å². The van der Waals surface area contributed by atoms with Crippen LogP contribution >= 0.6 is 11.8 Å². The van der Waals surface area contributed by atoms with E-state index < -0.39 is 0 Å². The van der Waals surface area contributed by atoms with E-state index in [0.717, 1.165) is 18.5 Å². The van der Waals surface area contributed by atoms with E-state index in [9.17, 15) is 4.79 Å².